The second-order valence-corrected chi connectivity index (χ2v) is 4.67. The number of rotatable bonds is 3. The minimum Gasteiger partial charge on any atom is -0.269 e. The summed E-state index contributed by atoms with van der Waals surface area (Å²) in [6.45, 7) is 0.309. The maximum Gasteiger partial charge on any atom is 0.241 e. The maximum absolute atomic E-state index is 2.20. The lowest BCUT2D eigenvalue weighted by atomic mass is 9.37. The van der Waals surface area contributed by atoms with Crippen LogP contribution in [0, 0.1) is 0 Å². The molecule has 0 nitrogen and oxygen atoms in total. The zero-order valence-corrected chi connectivity index (χ0v) is 16.9. The molecule has 0 N–H and O–H groups in total. The standard InChI is InChI=1S/C18H15B.15FH/c1-4-10-16(11-5-1)19(17-12-6-2-7-13-17)18-14-8-3-9-15-18;;;;;;;;;;;;;;;/h1-15H;15*1H. The molecule has 0 atom stereocenters. The van der Waals surface area contributed by atoms with E-state index in [9.17, 15) is 0 Å². The molecule has 0 spiro atoms. The third-order valence-corrected chi connectivity index (χ3v) is 3.40. The molecule has 0 aliphatic carbocycles. The molecular formula is C18H30BF15. The molecule has 0 aliphatic rings. The van der Waals surface area contributed by atoms with Gasteiger partial charge in [-0.25, -0.2) is 0 Å². The van der Waals surface area contributed by atoms with Crippen LogP contribution in [0.3, 0.4) is 0 Å². The summed E-state index contributed by atoms with van der Waals surface area (Å²) in [6.07, 6.45) is 0. The van der Waals surface area contributed by atoms with Gasteiger partial charge in [0.05, 0.1) is 0 Å². The van der Waals surface area contributed by atoms with E-state index in [1.54, 1.807) is 0 Å². The first-order valence-electron chi connectivity index (χ1n) is 6.60. The molecule has 0 bridgehead atoms. The highest BCUT2D eigenvalue weighted by atomic mass is 19.0. The van der Waals surface area contributed by atoms with E-state index in [1.807, 2.05) is 0 Å². The SMILES string of the molecule is F.F.F.F.F.F.F.F.F.F.F.F.F.F.F.c1ccc(B(c2ccccc2)c2ccccc2)cc1. The summed E-state index contributed by atoms with van der Waals surface area (Å²) in [4.78, 5) is 0. The smallest absolute Gasteiger partial charge is 0.241 e. The van der Waals surface area contributed by atoms with E-state index < -0.39 is 0 Å². The van der Waals surface area contributed by atoms with E-state index in [2.05, 4.69) is 91.0 Å². The maximum atomic E-state index is 2.20. The monoisotopic (exact) mass is 542 g/mol. The molecule has 16 heteroatoms. The van der Waals surface area contributed by atoms with Gasteiger partial charge in [0.25, 0.3) is 0 Å². The molecule has 0 heterocycles. The van der Waals surface area contributed by atoms with Crippen LogP contribution in [0.5, 0.6) is 0 Å². The summed E-state index contributed by atoms with van der Waals surface area (Å²) in [5.41, 5.74) is 4.00. The fraction of sp³-hybridized carbons (Fsp3) is 0. The number of halogens is 15. The molecule has 0 aromatic heterocycles. The van der Waals surface area contributed by atoms with Crippen molar-refractivity contribution in [2.75, 3.05) is 0 Å². The lowest BCUT2D eigenvalue weighted by molar-refractivity contribution is 1.11. The fourth-order valence-electron chi connectivity index (χ4n) is 2.51. The first kappa shape index (κ1) is 86.5. The first-order valence-corrected chi connectivity index (χ1v) is 6.60. The van der Waals surface area contributed by atoms with Crippen LogP contribution in [0.4, 0.5) is 70.6 Å². The van der Waals surface area contributed by atoms with Crippen LogP contribution >= 0.6 is 0 Å². The highest BCUT2D eigenvalue weighted by Gasteiger charge is 2.20. The molecule has 0 saturated carbocycles. The van der Waals surface area contributed by atoms with Crippen LogP contribution < -0.4 is 16.4 Å². The Hall–Kier alpha value is -3.33. The Bertz CT molecular complexity index is 557. The van der Waals surface area contributed by atoms with Crippen molar-refractivity contribution in [2.24, 2.45) is 0 Å². The van der Waals surface area contributed by atoms with Gasteiger partial charge in [0.15, 0.2) is 0 Å². The Labute approximate surface area is 185 Å². The second kappa shape index (κ2) is 43.5. The van der Waals surface area contributed by atoms with Crippen molar-refractivity contribution in [1.82, 2.24) is 0 Å². The fourth-order valence-corrected chi connectivity index (χ4v) is 2.51. The number of benzene rings is 3. The van der Waals surface area contributed by atoms with Crippen molar-refractivity contribution < 1.29 is 70.6 Å². The van der Waals surface area contributed by atoms with E-state index >= 15 is 0 Å². The average Bonchev–Trinajstić information content (AvgIpc) is 2.51. The Morgan fingerprint density at radius 1 is 0.235 bits per heavy atom. The molecule has 34 heavy (non-hydrogen) atoms. The number of hydrogen-bond donors (Lipinski definition) is 0. The first-order chi connectivity index (χ1) is 9.45. The van der Waals surface area contributed by atoms with Crippen molar-refractivity contribution in [1.29, 1.82) is 0 Å². The zero-order chi connectivity index (χ0) is 12.9. The van der Waals surface area contributed by atoms with E-state index in [4.69, 9.17) is 0 Å². The quantitative estimate of drug-likeness (QED) is 0.338. The molecule has 3 aromatic carbocycles. The van der Waals surface area contributed by atoms with Gasteiger partial charge in [-0.05, 0) is 0 Å². The lowest BCUT2D eigenvalue weighted by Crippen LogP contribution is -2.51. The van der Waals surface area contributed by atoms with E-state index in [-0.39, 0.29) is 70.6 Å². The van der Waals surface area contributed by atoms with Gasteiger partial charge in [0.1, 0.15) is 0 Å². The van der Waals surface area contributed by atoms with Gasteiger partial charge in [0.2, 0.25) is 6.71 Å². The molecule has 3 rings (SSSR count). The highest BCUT2D eigenvalue weighted by molar-refractivity contribution is 6.95. The van der Waals surface area contributed by atoms with Gasteiger partial charge in [-0.2, -0.15) is 0 Å². The highest BCUT2D eigenvalue weighted by Crippen LogP contribution is 1.95. The van der Waals surface area contributed by atoms with Crippen molar-refractivity contribution in [3.8, 4) is 0 Å². The normalized spacial score (nSPS) is 5.65. The molecular weight excluding hydrogens is 512 g/mol. The Balaban J connectivity index is -0.0000000267. The van der Waals surface area contributed by atoms with Crippen molar-refractivity contribution in [2.45, 2.75) is 0 Å². The third kappa shape index (κ3) is 20.6. The summed E-state index contributed by atoms with van der Waals surface area (Å²) in [5, 5.41) is 0. The summed E-state index contributed by atoms with van der Waals surface area (Å²) in [7, 11) is 0. The van der Waals surface area contributed by atoms with E-state index in [1.165, 1.54) is 16.4 Å². The Kier molecular flexibility index (Phi) is 111. The second-order valence-electron chi connectivity index (χ2n) is 4.67. The summed E-state index contributed by atoms with van der Waals surface area (Å²) < 4.78 is 0. The van der Waals surface area contributed by atoms with Crippen LogP contribution in [0.1, 0.15) is 0 Å². The molecule has 3 aromatic rings. The predicted molar refractivity (Wildman–Crippen MR) is 122 cm³/mol. The van der Waals surface area contributed by atoms with Crippen LogP contribution in [0.2, 0.25) is 0 Å². The summed E-state index contributed by atoms with van der Waals surface area (Å²) in [6, 6.07) is 32.0. The summed E-state index contributed by atoms with van der Waals surface area (Å²) in [5.74, 6) is 0. The van der Waals surface area contributed by atoms with Gasteiger partial charge < -0.3 is 0 Å². The predicted octanol–water partition coefficient (Wildman–Crippen LogP) is 4.49. The van der Waals surface area contributed by atoms with Crippen molar-refractivity contribution in [3.05, 3.63) is 91.0 Å². The molecule has 0 unspecified atom stereocenters. The molecule has 0 amide bonds. The lowest BCUT2D eigenvalue weighted by Gasteiger charge is -2.15. The molecule has 0 radical (unpaired) electrons. The van der Waals surface area contributed by atoms with Gasteiger partial charge in [-0.1, -0.05) is 107 Å². The van der Waals surface area contributed by atoms with Gasteiger partial charge in [-0.3, -0.25) is 70.6 Å². The van der Waals surface area contributed by atoms with Crippen LogP contribution in [-0.2, 0) is 0 Å². The molecule has 0 saturated heterocycles. The van der Waals surface area contributed by atoms with Crippen LogP contribution in [0.25, 0.3) is 0 Å². The minimum absolute atomic E-state index is 0. The third-order valence-electron chi connectivity index (χ3n) is 3.40. The van der Waals surface area contributed by atoms with Crippen molar-refractivity contribution in [3.63, 3.8) is 0 Å². The van der Waals surface area contributed by atoms with Crippen LogP contribution in [-0.4, -0.2) is 6.71 Å². The van der Waals surface area contributed by atoms with Gasteiger partial charge >= 0.3 is 0 Å². The Morgan fingerprint density at radius 2 is 0.382 bits per heavy atom. The van der Waals surface area contributed by atoms with Crippen LogP contribution in [0.15, 0.2) is 91.0 Å². The van der Waals surface area contributed by atoms with Gasteiger partial charge in [0, 0.05) is 0 Å². The van der Waals surface area contributed by atoms with Crippen molar-refractivity contribution >= 4 is 23.1 Å². The van der Waals surface area contributed by atoms with E-state index in [0.29, 0.717) is 6.71 Å². The summed E-state index contributed by atoms with van der Waals surface area (Å²) >= 11 is 0. The number of hydrogen-bond acceptors (Lipinski definition) is 0. The average molecular weight is 542 g/mol. The molecule has 210 valence electrons. The zero-order valence-electron chi connectivity index (χ0n) is 16.9. The topological polar surface area (TPSA) is 0 Å². The minimum atomic E-state index is 0. The van der Waals surface area contributed by atoms with Gasteiger partial charge in [-0.15, -0.1) is 0 Å². The molecule has 0 fully saturated rings. The largest absolute Gasteiger partial charge is 0.269 e. The Morgan fingerprint density at radius 3 is 0.529 bits per heavy atom. The molecule has 0 aliphatic heterocycles. The van der Waals surface area contributed by atoms with E-state index in [0.717, 1.165) is 0 Å².